The maximum absolute atomic E-state index is 10.6. The van der Waals surface area contributed by atoms with Gasteiger partial charge in [0.25, 0.3) is 0 Å². The molecule has 1 heterocycles. The number of aliphatic hydroxyl groups is 2. The molecule has 3 rings (SSSR count). The number of likely N-dealkylation sites (tertiary alicyclic amines) is 1. The van der Waals surface area contributed by atoms with E-state index in [2.05, 4.69) is 35.4 Å². The fourth-order valence-electron chi connectivity index (χ4n) is 5.72. The van der Waals surface area contributed by atoms with Crippen LogP contribution in [0.1, 0.15) is 78.1 Å². The van der Waals surface area contributed by atoms with E-state index in [1.807, 2.05) is 6.92 Å². The minimum Gasteiger partial charge on any atom is -0.392 e. The van der Waals surface area contributed by atoms with Gasteiger partial charge in [-0.15, -0.1) is 0 Å². The van der Waals surface area contributed by atoms with Crippen LogP contribution < -0.4 is 5.32 Å². The van der Waals surface area contributed by atoms with Gasteiger partial charge in [0.15, 0.2) is 0 Å². The van der Waals surface area contributed by atoms with Crippen LogP contribution in [0.4, 0.5) is 0 Å². The minimum absolute atomic E-state index is 0.225. The Hall–Kier alpha value is -0.680. The van der Waals surface area contributed by atoms with Crippen LogP contribution in [0.3, 0.4) is 0 Å². The van der Waals surface area contributed by atoms with Gasteiger partial charge in [-0.3, -0.25) is 0 Å². The maximum Gasteiger partial charge on any atom is 0.0654 e. The minimum atomic E-state index is -0.617. The van der Waals surface area contributed by atoms with Gasteiger partial charge >= 0.3 is 0 Å². The molecule has 4 heteroatoms. The summed E-state index contributed by atoms with van der Waals surface area (Å²) in [5.74, 6) is 1.34. The fraction of sp³-hybridized carbons (Fsp3) is 0.846. The first-order chi connectivity index (χ1) is 14.5. The lowest BCUT2D eigenvalue weighted by Crippen LogP contribution is -2.36. The summed E-state index contributed by atoms with van der Waals surface area (Å²) in [4.78, 5) is 2.59. The van der Waals surface area contributed by atoms with Gasteiger partial charge < -0.3 is 20.4 Å². The number of hydrogen-bond acceptors (Lipinski definition) is 4. The third-order valence-electron chi connectivity index (χ3n) is 7.61. The van der Waals surface area contributed by atoms with Crippen LogP contribution in [-0.2, 0) is 0 Å². The molecule has 2 fully saturated rings. The number of hydrogen-bond donors (Lipinski definition) is 3. The van der Waals surface area contributed by atoms with Crippen molar-refractivity contribution in [2.75, 3.05) is 32.7 Å². The van der Waals surface area contributed by atoms with Crippen molar-refractivity contribution in [2.24, 2.45) is 17.8 Å². The highest BCUT2D eigenvalue weighted by Crippen LogP contribution is 2.48. The number of nitrogens with one attached hydrogen (secondary N) is 1. The van der Waals surface area contributed by atoms with Crippen LogP contribution in [0.2, 0.25) is 0 Å². The molecule has 0 aromatic rings. The van der Waals surface area contributed by atoms with Crippen LogP contribution in [-0.4, -0.2) is 59.5 Å². The zero-order valence-corrected chi connectivity index (χ0v) is 19.5. The van der Waals surface area contributed by atoms with Crippen molar-refractivity contribution >= 4 is 0 Å². The Morgan fingerprint density at radius 3 is 2.80 bits per heavy atom. The van der Waals surface area contributed by atoms with Gasteiger partial charge in [0.2, 0.25) is 0 Å². The normalized spacial score (nSPS) is 31.8. The van der Waals surface area contributed by atoms with Gasteiger partial charge in [-0.2, -0.15) is 0 Å². The summed E-state index contributed by atoms with van der Waals surface area (Å²) >= 11 is 0. The smallest absolute Gasteiger partial charge is 0.0654 e. The lowest BCUT2D eigenvalue weighted by molar-refractivity contribution is 0.0513. The van der Waals surface area contributed by atoms with E-state index in [0.29, 0.717) is 18.3 Å². The second kappa shape index (κ2) is 11.8. The summed E-state index contributed by atoms with van der Waals surface area (Å²) in [6.07, 6.45) is 17.6. The highest BCUT2D eigenvalue weighted by molar-refractivity contribution is 5.21. The van der Waals surface area contributed by atoms with E-state index < -0.39 is 5.60 Å². The Morgan fingerprint density at radius 1 is 1.23 bits per heavy atom. The standard InChI is InChI=1S/C26H46N2O2/c1-3-4-11-26(2,30)12-8-9-23-24-19-21(18-22(24)20-25(23)29)10-13-27-14-17-28-15-6-5-7-16-28/h8-9,18,22-25,27,29-30H,3-7,10-17,19-20H2,1-2H3/t22-,23+,24-,25+,26-/m0/s1. The SMILES string of the molecule is CCCC[C@](C)(O)CC=C[C@@H]1[C@H]2CC(CCNCCN3CCCCC3)=C[C@H]2C[C@H]1O. The van der Waals surface area contributed by atoms with Crippen molar-refractivity contribution < 1.29 is 10.2 Å². The van der Waals surface area contributed by atoms with Crippen molar-refractivity contribution in [3.8, 4) is 0 Å². The molecule has 1 aliphatic heterocycles. The van der Waals surface area contributed by atoms with Crippen molar-refractivity contribution in [1.29, 1.82) is 0 Å². The Morgan fingerprint density at radius 2 is 2.03 bits per heavy atom. The molecule has 0 unspecified atom stereocenters. The van der Waals surface area contributed by atoms with E-state index in [1.165, 1.54) is 38.9 Å². The van der Waals surface area contributed by atoms with E-state index in [4.69, 9.17) is 0 Å². The van der Waals surface area contributed by atoms with E-state index in [1.54, 1.807) is 5.57 Å². The summed E-state index contributed by atoms with van der Waals surface area (Å²) in [6.45, 7) is 10.0. The molecule has 0 bridgehead atoms. The first kappa shape index (κ1) is 24.0. The second-order valence-corrected chi connectivity index (χ2v) is 10.4. The zero-order valence-electron chi connectivity index (χ0n) is 19.5. The van der Waals surface area contributed by atoms with E-state index in [9.17, 15) is 10.2 Å². The monoisotopic (exact) mass is 418 g/mol. The van der Waals surface area contributed by atoms with E-state index in [-0.39, 0.29) is 12.0 Å². The molecular weight excluding hydrogens is 372 g/mol. The largest absolute Gasteiger partial charge is 0.392 e. The molecule has 2 aliphatic carbocycles. The van der Waals surface area contributed by atoms with Crippen LogP contribution >= 0.6 is 0 Å². The quantitative estimate of drug-likeness (QED) is 0.327. The summed E-state index contributed by atoms with van der Waals surface area (Å²) in [5.41, 5.74) is 0.963. The lowest BCUT2D eigenvalue weighted by atomic mass is 9.88. The van der Waals surface area contributed by atoms with Gasteiger partial charge in [0, 0.05) is 19.0 Å². The third-order valence-corrected chi connectivity index (χ3v) is 7.61. The van der Waals surface area contributed by atoms with Crippen LogP contribution in [0.25, 0.3) is 0 Å². The molecule has 30 heavy (non-hydrogen) atoms. The third kappa shape index (κ3) is 7.19. The summed E-state index contributed by atoms with van der Waals surface area (Å²) in [7, 11) is 0. The lowest BCUT2D eigenvalue weighted by Gasteiger charge is -2.26. The second-order valence-electron chi connectivity index (χ2n) is 10.4. The highest BCUT2D eigenvalue weighted by Gasteiger charge is 2.43. The van der Waals surface area contributed by atoms with Crippen LogP contribution in [0.5, 0.6) is 0 Å². The highest BCUT2D eigenvalue weighted by atomic mass is 16.3. The topological polar surface area (TPSA) is 55.7 Å². The fourth-order valence-corrected chi connectivity index (χ4v) is 5.72. The molecule has 5 atom stereocenters. The van der Waals surface area contributed by atoms with Crippen LogP contribution in [0, 0.1) is 17.8 Å². The summed E-state index contributed by atoms with van der Waals surface area (Å²) in [6, 6.07) is 0. The Bertz CT molecular complexity index is 565. The van der Waals surface area contributed by atoms with Crippen LogP contribution in [0.15, 0.2) is 23.8 Å². The summed E-state index contributed by atoms with van der Waals surface area (Å²) in [5, 5.41) is 24.7. The molecule has 0 aromatic heterocycles. The van der Waals surface area contributed by atoms with E-state index in [0.717, 1.165) is 51.6 Å². The number of unbranched alkanes of at least 4 members (excludes halogenated alkanes) is 1. The zero-order chi connectivity index (χ0) is 21.4. The number of nitrogens with zero attached hydrogens (tertiary/aromatic N) is 1. The van der Waals surface area contributed by atoms with Gasteiger partial charge in [-0.05, 0) is 83.3 Å². The van der Waals surface area contributed by atoms with Gasteiger partial charge in [0.1, 0.15) is 0 Å². The molecular formula is C26H46N2O2. The molecule has 0 spiro atoms. The van der Waals surface area contributed by atoms with Gasteiger partial charge in [-0.1, -0.05) is 50.0 Å². The molecule has 0 radical (unpaired) electrons. The van der Waals surface area contributed by atoms with Crippen molar-refractivity contribution in [3.63, 3.8) is 0 Å². The first-order valence-corrected chi connectivity index (χ1v) is 12.7. The molecule has 3 aliphatic rings. The Labute approximate surface area is 184 Å². The number of fused-ring (bicyclic) bond motifs is 1. The number of rotatable bonds is 12. The van der Waals surface area contributed by atoms with Gasteiger partial charge in [0.05, 0.1) is 11.7 Å². The first-order valence-electron chi connectivity index (χ1n) is 12.7. The Kier molecular flexibility index (Phi) is 9.43. The molecule has 3 N–H and O–H groups in total. The molecule has 4 nitrogen and oxygen atoms in total. The number of aliphatic hydroxyl groups excluding tert-OH is 1. The predicted octanol–water partition coefficient (Wildman–Crippen LogP) is 4.28. The van der Waals surface area contributed by atoms with E-state index >= 15 is 0 Å². The molecule has 1 saturated heterocycles. The average Bonchev–Trinajstić information content (AvgIpc) is 3.24. The van der Waals surface area contributed by atoms with Gasteiger partial charge in [-0.25, -0.2) is 0 Å². The summed E-state index contributed by atoms with van der Waals surface area (Å²) < 4.78 is 0. The van der Waals surface area contributed by atoms with Crippen molar-refractivity contribution in [3.05, 3.63) is 23.8 Å². The molecule has 172 valence electrons. The molecule has 1 saturated carbocycles. The molecule has 0 aromatic carbocycles. The van der Waals surface area contributed by atoms with Crippen molar-refractivity contribution in [2.45, 2.75) is 89.8 Å². The Balaban J connectivity index is 1.36. The number of piperidine rings is 1. The maximum atomic E-state index is 10.6. The predicted molar refractivity (Wildman–Crippen MR) is 125 cm³/mol. The van der Waals surface area contributed by atoms with Crippen molar-refractivity contribution in [1.82, 2.24) is 10.2 Å². The number of allylic oxidation sites excluding steroid dienone is 1. The molecule has 0 amide bonds. The average molecular weight is 419 g/mol.